The molecule has 4 aliphatic carbocycles. The van der Waals surface area contributed by atoms with Gasteiger partial charge in [0.15, 0.2) is 5.17 Å². The maximum atomic E-state index is 12.9. The quantitative estimate of drug-likeness (QED) is 0.607. The fraction of sp³-hybridized carbons (Fsp3) is 0.519. The molecule has 2 aromatic rings. The number of amides is 1. The molecule has 3 heterocycles. The number of para-hydroxylation sites is 1. The Kier molecular flexibility index (Phi) is 4.99. The molecule has 4 bridgehead atoms. The summed E-state index contributed by atoms with van der Waals surface area (Å²) in [5.74, 6) is 2.39. The molecule has 1 aromatic heterocycles. The third kappa shape index (κ3) is 3.55. The Bertz CT molecular complexity index is 1140. The summed E-state index contributed by atoms with van der Waals surface area (Å²) in [5, 5.41) is 6.05. The lowest BCUT2D eigenvalue weighted by Crippen LogP contribution is -2.49. The van der Waals surface area contributed by atoms with Crippen LogP contribution >= 0.6 is 11.8 Å². The molecule has 6 nitrogen and oxygen atoms in total. The molecule has 176 valence electrons. The Labute approximate surface area is 204 Å². The average molecular weight is 475 g/mol. The van der Waals surface area contributed by atoms with E-state index >= 15 is 0 Å². The minimum Gasteiger partial charge on any atom is -0.378 e. The largest absolute Gasteiger partial charge is 0.378 e. The number of ether oxygens (including phenoxy) is 1. The molecule has 7 heteroatoms. The smallest absolute Gasteiger partial charge is 0.286 e. The standard InChI is InChI=1S/C27H30N4O2S/c32-25-23(34-26(28-25)30-6-8-33-9-7-30)13-21-17-31(22-4-2-1-3-5-22)29-24(21)27-14-18-10-19(15-27)12-20(11-18)16-27/h1-5,13,17-20H,6-12,14-16H2. The van der Waals surface area contributed by atoms with Gasteiger partial charge in [-0.05, 0) is 86.2 Å². The zero-order valence-corrected chi connectivity index (χ0v) is 20.2. The summed E-state index contributed by atoms with van der Waals surface area (Å²) in [6.07, 6.45) is 12.2. The lowest BCUT2D eigenvalue weighted by molar-refractivity contribution is -0.113. The van der Waals surface area contributed by atoms with Gasteiger partial charge in [-0.15, -0.1) is 0 Å². The number of aromatic nitrogens is 2. The van der Waals surface area contributed by atoms with Crippen LogP contribution in [0.3, 0.4) is 0 Å². The predicted octanol–water partition coefficient (Wildman–Crippen LogP) is 4.64. The van der Waals surface area contributed by atoms with Crippen LogP contribution in [0.1, 0.15) is 49.8 Å². The van der Waals surface area contributed by atoms with E-state index in [4.69, 9.17) is 9.84 Å². The van der Waals surface area contributed by atoms with E-state index < -0.39 is 0 Å². The van der Waals surface area contributed by atoms with Crippen LogP contribution in [0.15, 0.2) is 46.4 Å². The normalized spacial score (nSPS) is 33.7. The molecule has 2 aliphatic heterocycles. The second-order valence-corrected chi connectivity index (χ2v) is 11.8. The lowest BCUT2D eigenvalue weighted by Gasteiger charge is -2.56. The number of carbonyl (C=O) groups excluding carboxylic acids is 1. The van der Waals surface area contributed by atoms with Crippen molar-refractivity contribution in [2.45, 2.75) is 43.9 Å². The van der Waals surface area contributed by atoms with Crippen LogP contribution in [0.5, 0.6) is 0 Å². The summed E-state index contributed by atoms with van der Waals surface area (Å²) in [6.45, 7) is 2.95. The summed E-state index contributed by atoms with van der Waals surface area (Å²) in [6, 6.07) is 10.3. The molecule has 1 aromatic carbocycles. The van der Waals surface area contributed by atoms with Crippen LogP contribution < -0.4 is 0 Å². The molecule has 0 radical (unpaired) electrons. The molecule has 4 saturated carbocycles. The van der Waals surface area contributed by atoms with Crippen molar-refractivity contribution in [3.05, 3.63) is 52.7 Å². The summed E-state index contributed by atoms with van der Waals surface area (Å²) < 4.78 is 7.49. The lowest BCUT2D eigenvalue weighted by atomic mass is 9.48. The van der Waals surface area contributed by atoms with Crippen LogP contribution in [0.4, 0.5) is 0 Å². The molecule has 5 fully saturated rings. The first-order valence-electron chi connectivity index (χ1n) is 12.7. The minimum absolute atomic E-state index is 0.129. The molecule has 6 aliphatic rings. The number of morpholine rings is 1. The highest BCUT2D eigenvalue weighted by molar-refractivity contribution is 8.18. The number of benzene rings is 1. The zero-order valence-electron chi connectivity index (χ0n) is 19.4. The SMILES string of the molecule is O=C1N=C(N2CCOCC2)SC1=Cc1cn(-c2ccccc2)nc1C12CC3CC(CC(C3)C1)C2. The maximum absolute atomic E-state index is 12.9. The van der Waals surface area contributed by atoms with E-state index in [1.54, 1.807) is 0 Å². The third-order valence-corrected chi connectivity index (χ3v) is 9.53. The second-order valence-electron chi connectivity index (χ2n) is 10.8. The molecule has 1 saturated heterocycles. The van der Waals surface area contributed by atoms with E-state index in [0.29, 0.717) is 18.1 Å². The van der Waals surface area contributed by atoms with Gasteiger partial charge < -0.3 is 9.64 Å². The zero-order chi connectivity index (χ0) is 22.7. The van der Waals surface area contributed by atoms with E-state index in [0.717, 1.165) is 47.3 Å². The Balaban J connectivity index is 1.27. The van der Waals surface area contributed by atoms with Crippen molar-refractivity contribution >= 4 is 28.9 Å². The van der Waals surface area contributed by atoms with Gasteiger partial charge in [0.1, 0.15) is 0 Å². The Hall–Kier alpha value is -2.38. The van der Waals surface area contributed by atoms with E-state index in [1.165, 1.54) is 56.0 Å². The minimum atomic E-state index is -0.129. The van der Waals surface area contributed by atoms with Crippen molar-refractivity contribution in [1.82, 2.24) is 14.7 Å². The number of carbonyl (C=O) groups is 1. The van der Waals surface area contributed by atoms with Crippen molar-refractivity contribution in [3.8, 4) is 5.69 Å². The third-order valence-electron chi connectivity index (χ3n) is 8.48. The van der Waals surface area contributed by atoms with Gasteiger partial charge >= 0.3 is 0 Å². The van der Waals surface area contributed by atoms with Crippen molar-refractivity contribution in [2.75, 3.05) is 26.3 Å². The van der Waals surface area contributed by atoms with Crippen LogP contribution in [0.2, 0.25) is 0 Å². The monoisotopic (exact) mass is 474 g/mol. The molecule has 0 N–H and O–H groups in total. The van der Waals surface area contributed by atoms with Crippen LogP contribution in [-0.2, 0) is 14.9 Å². The van der Waals surface area contributed by atoms with Crippen LogP contribution in [0.25, 0.3) is 11.8 Å². The maximum Gasteiger partial charge on any atom is 0.286 e. The van der Waals surface area contributed by atoms with Gasteiger partial charge in [0.05, 0.1) is 29.5 Å². The number of hydrogen-bond donors (Lipinski definition) is 0. The molecule has 1 amide bonds. The molecule has 34 heavy (non-hydrogen) atoms. The Morgan fingerprint density at radius 2 is 1.68 bits per heavy atom. The molecule has 0 spiro atoms. The summed E-state index contributed by atoms with van der Waals surface area (Å²) in [7, 11) is 0. The summed E-state index contributed by atoms with van der Waals surface area (Å²) in [5.41, 5.74) is 3.52. The van der Waals surface area contributed by atoms with E-state index in [9.17, 15) is 4.79 Å². The van der Waals surface area contributed by atoms with Gasteiger partial charge in [0.2, 0.25) is 0 Å². The number of nitrogens with zero attached hydrogens (tertiary/aromatic N) is 4. The number of thioether (sulfide) groups is 1. The van der Waals surface area contributed by atoms with E-state index in [1.807, 2.05) is 10.7 Å². The molecule has 0 atom stereocenters. The number of hydrogen-bond acceptors (Lipinski definition) is 5. The number of aliphatic imine (C=N–C) groups is 1. The van der Waals surface area contributed by atoms with Gasteiger partial charge in [-0.2, -0.15) is 10.1 Å². The number of amidine groups is 1. The van der Waals surface area contributed by atoms with Crippen molar-refractivity contribution in [3.63, 3.8) is 0 Å². The highest BCUT2D eigenvalue weighted by Gasteiger charge is 2.53. The molecular weight excluding hydrogens is 444 g/mol. The first kappa shape index (κ1) is 20.9. The van der Waals surface area contributed by atoms with E-state index in [2.05, 4.69) is 46.4 Å². The molecular formula is C27H30N4O2S. The Morgan fingerprint density at radius 1 is 1.00 bits per heavy atom. The fourth-order valence-electron chi connectivity index (χ4n) is 7.45. The second kappa shape index (κ2) is 8.09. The highest BCUT2D eigenvalue weighted by atomic mass is 32.2. The summed E-state index contributed by atoms with van der Waals surface area (Å²) in [4.78, 5) is 20.2. The molecule has 0 unspecified atom stereocenters. The van der Waals surface area contributed by atoms with Gasteiger partial charge in [-0.1, -0.05) is 18.2 Å². The highest BCUT2D eigenvalue weighted by Crippen LogP contribution is 2.61. The first-order chi connectivity index (χ1) is 16.6. The van der Waals surface area contributed by atoms with Gasteiger partial charge in [0, 0.05) is 30.3 Å². The van der Waals surface area contributed by atoms with Gasteiger partial charge in [0.25, 0.3) is 5.91 Å². The van der Waals surface area contributed by atoms with E-state index in [-0.39, 0.29) is 11.3 Å². The van der Waals surface area contributed by atoms with Gasteiger partial charge in [-0.3, -0.25) is 4.79 Å². The fourth-order valence-corrected chi connectivity index (χ4v) is 8.40. The van der Waals surface area contributed by atoms with Crippen LogP contribution in [0, 0.1) is 17.8 Å². The average Bonchev–Trinajstić information content (AvgIpc) is 3.44. The van der Waals surface area contributed by atoms with Crippen molar-refractivity contribution in [2.24, 2.45) is 22.7 Å². The predicted molar refractivity (Wildman–Crippen MR) is 134 cm³/mol. The number of rotatable bonds is 3. The summed E-state index contributed by atoms with van der Waals surface area (Å²) >= 11 is 1.51. The van der Waals surface area contributed by atoms with Crippen molar-refractivity contribution in [1.29, 1.82) is 0 Å². The molecule has 8 rings (SSSR count). The first-order valence-corrected chi connectivity index (χ1v) is 13.5. The Morgan fingerprint density at radius 3 is 2.35 bits per heavy atom. The van der Waals surface area contributed by atoms with Gasteiger partial charge in [-0.25, -0.2) is 4.68 Å². The topological polar surface area (TPSA) is 59.7 Å². The van der Waals surface area contributed by atoms with Crippen LogP contribution in [-0.4, -0.2) is 52.1 Å². The van der Waals surface area contributed by atoms with Crippen molar-refractivity contribution < 1.29 is 9.53 Å².